The minimum Gasteiger partial charge on any atom is -0.321 e. The zero-order valence-electron chi connectivity index (χ0n) is 9.57. The molecular formula is C11H8BrCl3FNO2. The Morgan fingerprint density at radius 1 is 1.53 bits per heavy atom. The molecule has 0 saturated carbocycles. The average molecular weight is 391 g/mol. The lowest BCUT2D eigenvalue weighted by Gasteiger charge is -2.17. The van der Waals surface area contributed by atoms with E-state index in [1.54, 1.807) is 6.92 Å². The first kappa shape index (κ1) is 16.7. The van der Waals surface area contributed by atoms with Crippen LogP contribution in [0, 0.1) is 5.82 Å². The summed E-state index contributed by atoms with van der Waals surface area (Å²) >= 11 is 19.3. The highest BCUT2D eigenvalue weighted by molar-refractivity contribution is 9.10. The monoisotopic (exact) mass is 389 g/mol. The Morgan fingerprint density at radius 3 is 2.53 bits per heavy atom. The van der Waals surface area contributed by atoms with E-state index in [1.165, 1.54) is 6.07 Å². The van der Waals surface area contributed by atoms with Crippen molar-refractivity contribution in [3.8, 4) is 0 Å². The fourth-order valence-electron chi connectivity index (χ4n) is 1.42. The summed E-state index contributed by atoms with van der Waals surface area (Å²) in [4.78, 5) is 22.6. The van der Waals surface area contributed by atoms with Crippen molar-refractivity contribution < 1.29 is 14.0 Å². The summed E-state index contributed by atoms with van der Waals surface area (Å²) in [7, 11) is 0. The van der Waals surface area contributed by atoms with Gasteiger partial charge in [0, 0.05) is 0 Å². The number of carbonyl (C=O) groups is 2. The topological polar surface area (TPSA) is 46.2 Å². The van der Waals surface area contributed by atoms with Crippen LogP contribution in [-0.2, 0) is 11.2 Å². The van der Waals surface area contributed by atoms with Crippen LogP contribution in [0.25, 0.3) is 0 Å². The summed E-state index contributed by atoms with van der Waals surface area (Å²) in [5.74, 6) is -1.75. The van der Waals surface area contributed by atoms with E-state index >= 15 is 0 Å². The average Bonchev–Trinajstić information content (AvgIpc) is 2.32. The van der Waals surface area contributed by atoms with Crippen LogP contribution < -0.4 is 5.32 Å². The molecule has 1 aromatic rings. The summed E-state index contributed by atoms with van der Waals surface area (Å²) in [6.07, 6.45) is 0.752. The Morgan fingerprint density at radius 2 is 2.11 bits per heavy atom. The van der Waals surface area contributed by atoms with Crippen molar-refractivity contribution >= 4 is 68.6 Å². The van der Waals surface area contributed by atoms with E-state index in [9.17, 15) is 14.0 Å². The summed E-state index contributed by atoms with van der Waals surface area (Å²) < 4.78 is 11.7. The van der Waals surface area contributed by atoms with Gasteiger partial charge in [-0.2, -0.15) is 0 Å². The number of hydrogen-bond acceptors (Lipinski definition) is 2. The van der Waals surface area contributed by atoms with Gasteiger partial charge in [0.1, 0.15) is 5.82 Å². The first-order valence-corrected chi connectivity index (χ1v) is 6.99. The van der Waals surface area contributed by atoms with Crippen molar-refractivity contribution in [2.75, 3.05) is 5.32 Å². The zero-order chi connectivity index (χ0) is 14.8. The number of amides is 1. The molecule has 8 heteroatoms. The number of halogens is 5. The molecule has 0 fully saturated rings. The molecule has 1 aromatic carbocycles. The molecular weight excluding hydrogens is 383 g/mol. The van der Waals surface area contributed by atoms with Crippen LogP contribution in [0.4, 0.5) is 10.1 Å². The van der Waals surface area contributed by atoms with Gasteiger partial charge in [-0.15, -0.1) is 0 Å². The Bertz CT molecular complexity index is 532. The Hall–Kier alpha value is -0.360. The van der Waals surface area contributed by atoms with Crippen LogP contribution in [0.15, 0.2) is 10.5 Å². The largest absolute Gasteiger partial charge is 0.321 e. The van der Waals surface area contributed by atoms with Gasteiger partial charge in [0.05, 0.1) is 15.7 Å². The number of nitrogens with one attached hydrogen (secondary N) is 1. The van der Waals surface area contributed by atoms with Gasteiger partial charge >= 0.3 is 0 Å². The third-order valence-corrected chi connectivity index (χ3v) is 3.42. The maximum absolute atomic E-state index is 13.8. The lowest BCUT2D eigenvalue weighted by molar-refractivity contribution is -0.115. The predicted octanol–water partition coefficient (Wildman–Crippen LogP) is 4.27. The normalized spacial score (nSPS) is 11.3. The van der Waals surface area contributed by atoms with Crippen LogP contribution >= 0.6 is 50.7 Å². The van der Waals surface area contributed by atoms with Gasteiger partial charge in [0.25, 0.3) is 9.70 Å². The predicted molar refractivity (Wildman–Crippen MR) is 77.8 cm³/mol. The second-order valence-corrected chi connectivity index (χ2v) is 6.68. The van der Waals surface area contributed by atoms with Crippen LogP contribution in [-0.4, -0.2) is 16.0 Å². The maximum Gasteiger partial charge on any atom is 0.276 e. The molecule has 0 radical (unpaired) electrons. The van der Waals surface area contributed by atoms with Crippen LogP contribution in [0.1, 0.15) is 22.8 Å². The van der Waals surface area contributed by atoms with E-state index in [-0.39, 0.29) is 15.7 Å². The number of aldehydes is 1. The molecule has 1 N–H and O–H groups in total. The van der Waals surface area contributed by atoms with Gasteiger partial charge in [-0.25, -0.2) is 4.39 Å². The van der Waals surface area contributed by atoms with Crippen LogP contribution in [0.5, 0.6) is 0 Å². The number of hydrogen-bond donors (Lipinski definition) is 1. The summed E-state index contributed by atoms with van der Waals surface area (Å²) in [6, 6.07) is 1.45. The van der Waals surface area contributed by atoms with Gasteiger partial charge in [0.15, 0.2) is 6.29 Å². The van der Waals surface area contributed by atoms with E-state index in [0.717, 1.165) is 0 Å². The van der Waals surface area contributed by atoms with Crippen molar-refractivity contribution in [2.24, 2.45) is 0 Å². The molecule has 0 aliphatic heterocycles. The van der Waals surface area contributed by atoms with Crippen molar-refractivity contribution in [3.63, 3.8) is 0 Å². The van der Waals surface area contributed by atoms with Gasteiger partial charge in [-0.3, -0.25) is 9.59 Å². The Labute approximate surface area is 132 Å². The van der Waals surface area contributed by atoms with Crippen molar-refractivity contribution in [2.45, 2.75) is 17.1 Å². The molecule has 0 aromatic heterocycles. The highest BCUT2D eigenvalue weighted by atomic mass is 79.9. The fraction of sp³-hybridized carbons (Fsp3) is 0.273. The lowest BCUT2D eigenvalue weighted by atomic mass is 10.0. The zero-order valence-corrected chi connectivity index (χ0v) is 13.4. The third-order valence-electron chi connectivity index (χ3n) is 2.33. The van der Waals surface area contributed by atoms with Crippen LogP contribution in [0.2, 0.25) is 0 Å². The number of benzene rings is 1. The Balaban J connectivity index is 3.37. The van der Waals surface area contributed by atoms with Gasteiger partial charge in [0.2, 0.25) is 0 Å². The molecule has 0 heterocycles. The number of carbonyl (C=O) groups excluding carboxylic acids is 2. The maximum atomic E-state index is 13.8. The van der Waals surface area contributed by atoms with Crippen molar-refractivity contribution in [1.29, 1.82) is 0 Å². The molecule has 104 valence electrons. The number of aryl methyl sites for hydroxylation is 1. The summed E-state index contributed by atoms with van der Waals surface area (Å²) in [6.45, 7) is 1.78. The van der Waals surface area contributed by atoms with E-state index < -0.39 is 15.5 Å². The van der Waals surface area contributed by atoms with E-state index in [1.807, 2.05) is 0 Å². The molecule has 0 spiro atoms. The standard InChI is InChI=1S/C11H8BrCl3FNO2/c1-2-5-3-7(12)8(16)6(4-18)9(5)17-10(19)11(13,14)15/h3-4H,2H2,1H3,(H,17,19). The summed E-state index contributed by atoms with van der Waals surface area (Å²) in [5.41, 5.74) is 0.251. The molecule has 0 bridgehead atoms. The highest BCUT2D eigenvalue weighted by Gasteiger charge is 2.32. The quantitative estimate of drug-likeness (QED) is 0.618. The SMILES string of the molecule is CCc1cc(Br)c(F)c(C=O)c1NC(=O)C(Cl)(Cl)Cl. The number of rotatable bonds is 3. The van der Waals surface area contributed by atoms with E-state index in [2.05, 4.69) is 21.2 Å². The van der Waals surface area contributed by atoms with E-state index in [4.69, 9.17) is 34.8 Å². The molecule has 1 rings (SSSR count). The Kier molecular flexibility index (Phi) is 5.62. The second-order valence-electron chi connectivity index (χ2n) is 3.54. The van der Waals surface area contributed by atoms with Crippen molar-refractivity contribution in [3.05, 3.63) is 27.5 Å². The number of alkyl halides is 3. The molecule has 0 aliphatic rings. The van der Waals surface area contributed by atoms with E-state index in [0.29, 0.717) is 18.3 Å². The summed E-state index contributed by atoms with van der Waals surface area (Å²) in [5, 5.41) is 2.26. The number of anilines is 1. The minimum absolute atomic E-state index is 0.00882. The smallest absolute Gasteiger partial charge is 0.276 e. The lowest BCUT2D eigenvalue weighted by Crippen LogP contribution is -2.28. The first-order chi connectivity index (χ1) is 8.72. The molecule has 0 aliphatic carbocycles. The molecule has 0 saturated heterocycles. The van der Waals surface area contributed by atoms with Gasteiger partial charge in [-0.1, -0.05) is 41.7 Å². The molecule has 3 nitrogen and oxygen atoms in total. The molecule has 1 amide bonds. The van der Waals surface area contributed by atoms with Gasteiger partial charge < -0.3 is 5.32 Å². The van der Waals surface area contributed by atoms with Gasteiger partial charge in [-0.05, 0) is 34.0 Å². The fourth-order valence-corrected chi connectivity index (χ4v) is 2.05. The highest BCUT2D eigenvalue weighted by Crippen LogP contribution is 2.33. The molecule has 19 heavy (non-hydrogen) atoms. The minimum atomic E-state index is -2.20. The third kappa shape index (κ3) is 3.81. The van der Waals surface area contributed by atoms with Crippen LogP contribution in [0.3, 0.4) is 0 Å². The first-order valence-electron chi connectivity index (χ1n) is 5.06. The molecule has 0 atom stereocenters. The molecule has 0 unspecified atom stereocenters. The second kappa shape index (κ2) is 6.39. The van der Waals surface area contributed by atoms with Crippen molar-refractivity contribution in [1.82, 2.24) is 0 Å².